The molecule has 0 saturated heterocycles. The van der Waals surface area contributed by atoms with Crippen molar-refractivity contribution < 1.29 is 9.47 Å². The number of rotatable bonds is 6. The Morgan fingerprint density at radius 1 is 1.14 bits per heavy atom. The van der Waals surface area contributed by atoms with Crippen molar-refractivity contribution in [3.8, 4) is 5.75 Å². The Balaban J connectivity index is 2.21. The van der Waals surface area contributed by atoms with Crippen LogP contribution in [-0.2, 0) is 4.74 Å². The first-order valence-electron chi connectivity index (χ1n) is 4.40. The number of hydrogen-bond donors (Lipinski definition) is 1. The zero-order valence-corrected chi connectivity index (χ0v) is 9.43. The molecule has 14 heavy (non-hydrogen) atoms. The number of thiol groups is 1. The van der Waals surface area contributed by atoms with E-state index in [0.29, 0.717) is 30.6 Å². The molecule has 0 N–H and O–H groups in total. The summed E-state index contributed by atoms with van der Waals surface area (Å²) < 4.78 is 10.6. The number of halogens is 1. The molecule has 0 aliphatic rings. The minimum absolute atomic E-state index is 0.511. The number of hydrogen-bond acceptors (Lipinski definition) is 3. The highest BCUT2D eigenvalue weighted by Crippen LogP contribution is 2.22. The first-order chi connectivity index (χ1) is 6.84. The van der Waals surface area contributed by atoms with Crippen molar-refractivity contribution in [3.63, 3.8) is 0 Å². The molecule has 0 aliphatic carbocycles. The van der Waals surface area contributed by atoms with Crippen LogP contribution in [0, 0.1) is 0 Å². The van der Waals surface area contributed by atoms with E-state index >= 15 is 0 Å². The first-order valence-corrected chi connectivity index (χ1v) is 5.41. The molecular weight excluding hydrogens is 220 g/mol. The Morgan fingerprint density at radius 2 is 1.93 bits per heavy atom. The average Bonchev–Trinajstić information content (AvgIpc) is 2.20. The Bertz CT molecular complexity index is 268. The molecule has 1 rings (SSSR count). The van der Waals surface area contributed by atoms with Crippen molar-refractivity contribution in [2.75, 3.05) is 25.6 Å². The highest BCUT2D eigenvalue weighted by Gasteiger charge is 1.98. The van der Waals surface area contributed by atoms with Gasteiger partial charge in [0.15, 0.2) is 0 Å². The molecule has 4 heteroatoms. The van der Waals surface area contributed by atoms with Crippen LogP contribution < -0.4 is 4.74 Å². The molecule has 1 aromatic rings. The number of benzene rings is 1. The van der Waals surface area contributed by atoms with Crippen LogP contribution in [0.3, 0.4) is 0 Å². The van der Waals surface area contributed by atoms with Gasteiger partial charge in [0.05, 0.1) is 18.2 Å². The molecule has 0 radical (unpaired) electrons. The Morgan fingerprint density at radius 3 is 2.64 bits per heavy atom. The van der Waals surface area contributed by atoms with E-state index in [1.165, 1.54) is 0 Å². The third-order valence-corrected chi connectivity index (χ3v) is 2.05. The van der Waals surface area contributed by atoms with Gasteiger partial charge in [-0.15, -0.1) is 0 Å². The van der Waals surface area contributed by atoms with E-state index in [0.717, 1.165) is 5.75 Å². The van der Waals surface area contributed by atoms with Crippen LogP contribution in [-0.4, -0.2) is 25.6 Å². The molecule has 0 spiro atoms. The molecule has 0 atom stereocenters. The van der Waals surface area contributed by atoms with Gasteiger partial charge in [0, 0.05) is 5.75 Å². The molecule has 2 nitrogen and oxygen atoms in total. The van der Waals surface area contributed by atoms with Crippen LogP contribution in [0.1, 0.15) is 0 Å². The van der Waals surface area contributed by atoms with Crippen LogP contribution in [0.15, 0.2) is 24.3 Å². The van der Waals surface area contributed by atoms with Gasteiger partial charge in [-0.05, 0) is 12.1 Å². The summed E-state index contributed by atoms with van der Waals surface area (Å²) in [4.78, 5) is 0. The fourth-order valence-electron chi connectivity index (χ4n) is 0.939. The fourth-order valence-corrected chi connectivity index (χ4v) is 1.26. The van der Waals surface area contributed by atoms with Crippen molar-refractivity contribution in [1.29, 1.82) is 0 Å². The number of ether oxygens (including phenoxy) is 2. The molecule has 0 amide bonds. The van der Waals surface area contributed by atoms with Crippen LogP contribution in [0.2, 0.25) is 5.02 Å². The largest absolute Gasteiger partial charge is 0.490 e. The second kappa shape index (κ2) is 6.98. The minimum atomic E-state index is 0.511. The lowest BCUT2D eigenvalue weighted by atomic mass is 10.3. The van der Waals surface area contributed by atoms with Gasteiger partial charge in [0.25, 0.3) is 0 Å². The van der Waals surface area contributed by atoms with Crippen molar-refractivity contribution >= 4 is 24.2 Å². The Kier molecular flexibility index (Phi) is 5.83. The highest BCUT2D eigenvalue weighted by atomic mass is 35.5. The van der Waals surface area contributed by atoms with E-state index in [1.807, 2.05) is 18.2 Å². The van der Waals surface area contributed by atoms with Crippen LogP contribution in [0.5, 0.6) is 5.75 Å². The molecule has 0 aliphatic heterocycles. The molecule has 78 valence electrons. The minimum Gasteiger partial charge on any atom is -0.490 e. The summed E-state index contributed by atoms with van der Waals surface area (Å²) in [5, 5.41) is 0.627. The van der Waals surface area contributed by atoms with Gasteiger partial charge in [-0.3, -0.25) is 0 Å². The van der Waals surface area contributed by atoms with Gasteiger partial charge < -0.3 is 9.47 Å². The molecule has 0 bridgehead atoms. The van der Waals surface area contributed by atoms with Crippen molar-refractivity contribution in [2.45, 2.75) is 0 Å². The lowest BCUT2D eigenvalue weighted by Gasteiger charge is -2.07. The van der Waals surface area contributed by atoms with E-state index in [4.69, 9.17) is 21.1 Å². The molecule has 0 fully saturated rings. The summed E-state index contributed by atoms with van der Waals surface area (Å²) in [6.07, 6.45) is 0. The second-order valence-electron chi connectivity index (χ2n) is 2.61. The van der Waals surface area contributed by atoms with Crippen molar-refractivity contribution in [2.24, 2.45) is 0 Å². The summed E-state index contributed by atoms with van der Waals surface area (Å²) in [7, 11) is 0. The zero-order valence-electron chi connectivity index (χ0n) is 7.78. The molecule has 0 aromatic heterocycles. The highest BCUT2D eigenvalue weighted by molar-refractivity contribution is 7.80. The van der Waals surface area contributed by atoms with E-state index in [1.54, 1.807) is 6.07 Å². The normalized spacial score (nSPS) is 10.1. The third kappa shape index (κ3) is 4.22. The van der Waals surface area contributed by atoms with E-state index in [-0.39, 0.29) is 0 Å². The van der Waals surface area contributed by atoms with E-state index in [2.05, 4.69) is 12.6 Å². The van der Waals surface area contributed by atoms with Gasteiger partial charge in [0.2, 0.25) is 0 Å². The zero-order chi connectivity index (χ0) is 10.2. The van der Waals surface area contributed by atoms with Gasteiger partial charge in [-0.25, -0.2) is 0 Å². The second-order valence-corrected chi connectivity index (χ2v) is 3.47. The maximum absolute atomic E-state index is 5.89. The Hall–Kier alpha value is -0.380. The number of para-hydroxylation sites is 1. The quantitative estimate of drug-likeness (QED) is 0.601. The maximum Gasteiger partial charge on any atom is 0.138 e. The monoisotopic (exact) mass is 232 g/mol. The van der Waals surface area contributed by atoms with Gasteiger partial charge >= 0.3 is 0 Å². The summed E-state index contributed by atoms with van der Waals surface area (Å²) >= 11 is 9.91. The third-order valence-electron chi connectivity index (χ3n) is 1.56. The van der Waals surface area contributed by atoms with Crippen molar-refractivity contribution in [3.05, 3.63) is 29.3 Å². The topological polar surface area (TPSA) is 18.5 Å². The molecule has 1 aromatic carbocycles. The van der Waals surface area contributed by atoms with Crippen LogP contribution in [0.4, 0.5) is 0 Å². The van der Waals surface area contributed by atoms with Crippen LogP contribution in [0.25, 0.3) is 0 Å². The first kappa shape index (κ1) is 11.7. The van der Waals surface area contributed by atoms with Crippen LogP contribution >= 0.6 is 24.2 Å². The van der Waals surface area contributed by atoms with Gasteiger partial charge in [0.1, 0.15) is 12.4 Å². The molecule has 0 heterocycles. The predicted molar refractivity (Wildman–Crippen MR) is 61.6 cm³/mol. The van der Waals surface area contributed by atoms with E-state index < -0.39 is 0 Å². The average molecular weight is 233 g/mol. The standard InChI is InChI=1S/C10H13ClO2S/c11-9-3-1-2-4-10(9)13-6-5-12-7-8-14/h1-4,14H,5-8H2. The van der Waals surface area contributed by atoms with Gasteiger partial charge in [-0.1, -0.05) is 23.7 Å². The summed E-state index contributed by atoms with van der Waals surface area (Å²) in [5.74, 6) is 1.43. The predicted octanol–water partition coefficient (Wildman–Crippen LogP) is 2.67. The maximum atomic E-state index is 5.89. The molecule has 0 saturated carbocycles. The van der Waals surface area contributed by atoms with E-state index in [9.17, 15) is 0 Å². The van der Waals surface area contributed by atoms with Crippen molar-refractivity contribution in [1.82, 2.24) is 0 Å². The lowest BCUT2D eigenvalue weighted by Crippen LogP contribution is -2.08. The molecular formula is C10H13ClO2S. The summed E-state index contributed by atoms with van der Waals surface area (Å²) in [6.45, 7) is 1.72. The lowest BCUT2D eigenvalue weighted by molar-refractivity contribution is 0.112. The molecule has 0 unspecified atom stereocenters. The Labute approximate surface area is 94.6 Å². The smallest absolute Gasteiger partial charge is 0.138 e. The van der Waals surface area contributed by atoms with Gasteiger partial charge in [-0.2, -0.15) is 12.6 Å². The fraction of sp³-hybridized carbons (Fsp3) is 0.400. The summed E-state index contributed by atoms with van der Waals surface area (Å²) in [5.41, 5.74) is 0. The summed E-state index contributed by atoms with van der Waals surface area (Å²) in [6, 6.07) is 7.38. The SMILES string of the molecule is SCCOCCOc1ccccc1Cl.